The molecule has 2 aromatic rings. The molecule has 0 spiro atoms. The zero-order valence-corrected chi connectivity index (χ0v) is 14.4. The van der Waals surface area contributed by atoms with Gasteiger partial charge in [0.25, 0.3) is 5.56 Å². The summed E-state index contributed by atoms with van der Waals surface area (Å²) in [5, 5.41) is 14.6. The van der Waals surface area contributed by atoms with Crippen molar-refractivity contribution in [2.45, 2.75) is 38.9 Å². The predicted octanol–water partition coefficient (Wildman–Crippen LogP) is 1.86. The average Bonchev–Trinajstić information content (AvgIpc) is 2.62. The van der Waals surface area contributed by atoms with E-state index in [0.717, 1.165) is 17.5 Å². The fourth-order valence-electron chi connectivity index (χ4n) is 2.50. The first-order chi connectivity index (χ1) is 12.1. The molecule has 0 saturated carbocycles. The summed E-state index contributed by atoms with van der Waals surface area (Å²) in [6.45, 7) is 2.97. The minimum Gasteiger partial charge on any atom is -0.396 e. The number of carbonyl (C=O) groups excluding carboxylic acids is 1. The maximum atomic E-state index is 11.9. The quantitative estimate of drug-likeness (QED) is 0.684. The molecule has 25 heavy (non-hydrogen) atoms. The van der Waals surface area contributed by atoms with Gasteiger partial charge in [-0.05, 0) is 30.0 Å². The number of urea groups is 1. The van der Waals surface area contributed by atoms with Crippen molar-refractivity contribution in [2.24, 2.45) is 0 Å². The Kier molecular flexibility index (Phi) is 7.22. The number of aromatic nitrogens is 1. The Morgan fingerprint density at radius 3 is 2.52 bits per heavy atom. The van der Waals surface area contributed by atoms with E-state index >= 15 is 0 Å². The molecule has 0 saturated heterocycles. The Bertz CT molecular complexity index is 725. The number of nitrogens with one attached hydrogen (secondary N) is 2. The molecule has 3 N–H and O–H groups in total. The molecule has 0 fully saturated rings. The number of nitrogens with zero attached hydrogens (tertiary/aromatic N) is 1. The lowest BCUT2D eigenvalue weighted by Gasteiger charge is -2.16. The van der Waals surface area contributed by atoms with E-state index in [1.807, 2.05) is 37.3 Å². The summed E-state index contributed by atoms with van der Waals surface area (Å²) < 4.78 is 1.65. The third-order valence-electron chi connectivity index (χ3n) is 4.03. The van der Waals surface area contributed by atoms with Gasteiger partial charge in [0, 0.05) is 31.5 Å². The molecule has 1 unspecified atom stereocenters. The molecule has 1 aromatic heterocycles. The van der Waals surface area contributed by atoms with Gasteiger partial charge in [-0.15, -0.1) is 0 Å². The number of aliphatic hydroxyl groups is 1. The normalized spacial score (nSPS) is 11.8. The van der Waals surface area contributed by atoms with Gasteiger partial charge in [0.15, 0.2) is 0 Å². The van der Waals surface area contributed by atoms with Crippen LogP contribution in [0.3, 0.4) is 0 Å². The smallest absolute Gasteiger partial charge is 0.315 e. The number of carbonyl (C=O) groups is 1. The van der Waals surface area contributed by atoms with Gasteiger partial charge >= 0.3 is 6.03 Å². The zero-order valence-electron chi connectivity index (χ0n) is 14.4. The van der Waals surface area contributed by atoms with E-state index < -0.39 is 0 Å². The number of benzene rings is 1. The van der Waals surface area contributed by atoms with E-state index in [1.165, 1.54) is 6.07 Å². The van der Waals surface area contributed by atoms with E-state index in [9.17, 15) is 9.59 Å². The van der Waals surface area contributed by atoms with Crippen LogP contribution < -0.4 is 16.2 Å². The molecule has 6 heteroatoms. The van der Waals surface area contributed by atoms with Crippen LogP contribution in [0.25, 0.3) is 0 Å². The molecule has 1 heterocycles. The van der Waals surface area contributed by atoms with Crippen LogP contribution in [-0.4, -0.2) is 28.4 Å². The van der Waals surface area contributed by atoms with Crippen LogP contribution in [-0.2, 0) is 13.1 Å². The number of hydrogen-bond acceptors (Lipinski definition) is 3. The molecule has 2 amide bonds. The lowest BCUT2D eigenvalue weighted by Crippen LogP contribution is -2.41. The van der Waals surface area contributed by atoms with Crippen LogP contribution in [0.1, 0.15) is 30.9 Å². The van der Waals surface area contributed by atoms with E-state index in [1.54, 1.807) is 16.8 Å². The van der Waals surface area contributed by atoms with Gasteiger partial charge in [0.2, 0.25) is 0 Å². The summed E-state index contributed by atoms with van der Waals surface area (Å²) in [7, 11) is 0. The number of amides is 2. The Labute approximate surface area is 147 Å². The van der Waals surface area contributed by atoms with Crippen molar-refractivity contribution in [1.82, 2.24) is 15.2 Å². The Morgan fingerprint density at radius 1 is 1.16 bits per heavy atom. The van der Waals surface area contributed by atoms with Crippen LogP contribution in [0.15, 0.2) is 53.5 Å². The van der Waals surface area contributed by atoms with Gasteiger partial charge in [0.05, 0.1) is 6.54 Å². The second kappa shape index (κ2) is 9.64. The summed E-state index contributed by atoms with van der Waals surface area (Å²) in [5.41, 5.74) is 1.98. The molecule has 134 valence electrons. The van der Waals surface area contributed by atoms with Gasteiger partial charge in [-0.25, -0.2) is 4.79 Å². The lowest BCUT2D eigenvalue weighted by molar-refractivity contribution is 0.227. The lowest BCUT2D eigenvalue weighted by atomic mass is 10.1. The van der Waals surface area contributed by atoms with Crippen LogP contribution in [0.2, 0.25) is 0 Å². The summed E-state index contributed by atoms with van der Waals surface area (Å²) in [6.07, 6.45) is 3.09. The Morgan fingerprint density at radius 2 is 1.88 bits per heavy atom. The first kappa shape index (κ1) is 18.7. The van der Waals surface area contributed by atoms with Gasteiger partial charge in [-0.1, -0.05) is 37.3 Å². The van der Waals surface area contributed by atoms with Crippen molar-refractivity contribution in [3.63, 3.8) is 0 Å². The van der Waals surface area contributed by atoms with Gasteiger partial charge in [-0.3, -0.25) is 4.79 Å². The van der Waals surface area contributed by atoms with Gasteiger partial charge in [-0.2, -0.15) is 0 Å². The summed E-state index contributed by atoms with van der Waals surface area (Å²) in [4.78, 5) is 23.6. The van der Waals surface area contributed by atoms with E-state index in [0.29, 0.717) is 19.5 Å². The maximum Gasteiger partial charge on any atom is 0.315 e. The van der Waals surface area contributed by atoms with Crippen molar-refractivity contribution in [1.29, 1.82) is 0 Å². The van der Waals surface area contributed by atoms with Crippen molar-refractivity contribution < 1.29 is 9.90 Å². The highest BCUT2D eigenvalue weighted by Crippen LogP contribution is 2.06. The fourth-order valence-corrected chi connectivity index (χ4v) is 2.50. The monoisotopic (exact) mass is 343 g/mol. The van der Waals surface area contributed by atoms with Gasteiger partial charge in [0.1, 0.15) is 0 Å². The molecule has 0 aliphatic rings. The van der Waals surface area contributed by atoms with Crippen LogP contribution >= 0.6 is 0 Å². The SMILES string of the molecule is CCC(CCO)NC(=O)NCc1ccc(Cn2ccccc2=O)cc1. The van der Waals surface area contributed by atoms with E-state index in [-0.39, 0.29) is 24.2 Å². The Hall–Kier alpha value is -2.60. The summed E-state index contributed by atoms with van der Waals surface area (Å²) in [5.74, 6) is 0. The largest absolute Gasteiger partial charge is 0.396 e. The number of hydrogen-bond donors (Lipinski definition) is 3. The highest BCUT2D eigenvalue weighted by atomic mass is 16.3. The van der Waals surface area contributed by atoms with E-state index in [4.69, 9.17) is 5.11 Å². The summed E-state index contributed by atoms with van der Waals surface area (Å²) in [6, 6.07) is 12.6. The Balaban J connectivity index is 1.85. The second-order valence-electron chi connectivity index (χ2n) is 5.93. The first-order valence-corrected chi connectivity index (χ1v) is 8.51. The van der Waals surface area contributed by atoms with Crippen molar-refractivity contribution in [3.05, 3.63) is 70.1 Å². The highest BCUT2D eigenvalue weighted by molar-refractivity contribution is 5.74. The fraction of sp³-hybridized carbons (Fsp3) is 0.368. The van der Waals surface area contributed by atoms with Gasteiger partial charge < -0.3 is 20.3 Å². The molecular weight excluding hydrogens is 318 g/mol. The number of pyridine rings is 1. The zero-order chi connectivity index (χ0) is 18.1. The number of rotatable bonds is 8. The average molecular weight is 343 g/mol. The number of aliphatic hydroxyl groups excluding tert-OH is 1. The predicted molar refractivity (Wildman–Crippen MR) is 97.4 cm³/mol. The van der Waals surface area contributed by atoms with Crippen LogP contribution in [0.4, 0.5) is 4.79 Å². The van der Waals surface area contributed by atoms with Crippen molar-refractivity contribution in [3.8, 4) is 0 Å². The molecule has 2 rings (SSSR count). The van der Waals surface area contributed by atoms with Crippen molar-refractivity contribution in [2.75, 3.05) is 6.61 Å². The molecule has 0 aliphatic heterocycles. The topological polar surface area (TPSA) is 83.4 Å². The second-order valence-corrected chi connectivity index (χ2v) is 5.93. The standard InChI is InChI=1S/C19H25N3O3/c1-2-17(10-12-23)21-19(25)20-13-15-6-8-16(9-7-15)14-22-11-4-3-5-18(22)24/h3-9,11,17,23H,2,10,12-14H2,1H3,(H2,20,21,25). The van der Waals surface area contributed by atoms with Crippen LogP contribution in [0, 0.1) is 0 Å². The highest BCUT2D eigenvalue weighted by Gasteiger charge is 2.09. The van der Waals surface area contributed by atoms with Crippen molar-refractivity contribution >= 4 is 6.03 Å². The molecule has 1 aromatic carbocycles. The minimum absolute atomic E-state index is 0.0171. The molecule has 6 nitrogen and oxygen atoms in total. The summed E-state index contributed by atoms with van der Waals surface area (Å²) >= 11 is 0. The van der Waals surface area contributed by atoms with E-state index in [2.05, 4.69) is 10.6 Å². The molecular formula is C19H25N3O3. The molecule has 0 bridgehead atoms. The minimum atomic E-state index is -0.236. The molecule has 1 atom stereocenters. The molecule has 0 aliphatic carbocycles. The first-order valence-electron chi connectivity index (χ1n) is 8.51. The third kappa shape index (κ3) is 6.08. The maximum absolute atomic E-state index is 11.9. The van der Waals surface area contributed by atoms with Crippen LogP contribution in [0.5, 0.6) is 0 Å². The molecule has 0 radical (unpaired) electrons. The third-order valence-corrected chi connectivity index (χ3v) is 4.03.